The summed E-state index contributed by atoms with van der Waals surface area (Å²) in [4.78, 5) is 42.7. The van der Waals surface area contributed by atoms with Gasteiger partial charge in [-0.3, -0.25) is 14.5 Å². The van der Waals surface area contributed by atoms with Gasteiger partial charge >= 0.3 is 17.8 Å². The van der Waals surface area contributed by atoms with Crippen molar-refractivity contribution in [1.82, 2.24) is 19.9 Å². The molecule has 1 saturated heterocycles. The molecule has 0 unspecified atom stereocenters. The molecule has 0 radical (unpaired) electrons. The second kappa shape index (κ2) is 5.86. The zero-order chi connectivity index (χ0) is 15.7. The van der Waals surface area contributed by atoms with Crippen LogP contribution >= 0.6 is 0 Å². The standard InChI is InChI=1S/C14H18N4O4/c1-2-10-15-11(22-16-10)8-17-12(19)13(20)18(14(17)21)9-6-4-3-5-7-9/h9H,2-8H2,1H3. The van der Waals surface area contributed by atoms with E-state index in [4.69, 9.17) is 4.52 Å². The molecular formula is C14H18N4O4. The summed E-state index contributed by atoms with van der Waals surface area (Å²) in [7, 11) is 0. The van der Waals surface area contributed by atoms with Crippen molar-refractivity contribution in [1.29, 1.82) is 0 Å². The van der Waals surface area contributed by atoms with Crippen LogP contribution in [0.1, 0.15) is 50.7 Å². The highest BCUT2D eigenvalue weighted by Gasteiger charge is 2.48. The van der Waals surface area contributed by atoms with Crippen molar-refractivity contribution in [3.8, 4) is 0 Å². The molecular weight excluding hydrogens is 288 g/mol. The lowest BCUT2D eigenvalue weighted by Gasteiger charge is -2.28. The van der Waals surface area contributed by atoms with E-state index < -0.39 is 17.8 Å². The summed E-state index contributed by atoms with van der Waals surface area (Å²) in [5, 5.41) is 3.72. The van der Waals surface area contributed by atoms with Crippen molar-refractivity contribution in [3.63, 3.8) is 0 Å². The molecule has 0 atom stereocenters. The Kier molecular flexibility index (Phi) is 3.91. The number of amides is 4. The van der Waals surface area contributed by atoms with Crippen molar-refractivity contribution >= 4 is 17.8 Å². The maximum absolute atomic E-state index is 12.4. The van der Waals surface area contributed by atoms with E-state index >= 15 is 0 Å². The summed E-state index contributed by atoms with van der Waals surface area (Å²) in [5.74, 6) is -0.889. The molecule has 2 fully saturated rings. The largest absolute Gasteiger partial charge is 0.337 e. The molecule has 2 aliphatic rings. The number of hydrogen-bond acceptors (Lipinski definition) is 6. The molecule has 0 N–H and O–H groups in total. The lowest BCUT2D eigenvalue weighted by Crippen LogP contribution is -2.42. The van der Waals surface area contributed by atoms with Crippen LogP contribution in [0, 0.1) is 0 Å². The zero-order valence-electron chi connectivity index (χ0n) is 12.4. The van der Waals surface area contributed by atoms with Crippen molar-refractivity contribution in [2.75, 3.05) is 0 Å². The molecule has 4 amide bonds. The molecule has 1 aliphatic heterocycles. The first-order valence-corrected chi connectivity index (χ1v) is 7.62. The van der Waals surface area contributed by atoms with E-state index in [2.05, 4.69) is 10.1 Å². The fourth-order valence-corrected chi connectivity index (χ4v) is 2.96. The van der Waals surface area contributed by atoms with E-state index in [-0.39, 0.29) is 18.5 Å². The Morgan fingerprint density at radius 3 is 2.50 bits per heavy atom. The first-order valence-electron chi connectivity index (χ1n) is 7.62. The molecule has 0 spiro atoms. The first kappa shape index (κ1) is 14.7. The van der Waals surface area contributed by atoms with Gasteiger partial charge in [-0.05, 0) is 12.8 Å². The minimum Gasteiger partial charge on any atom is -0.337 e. The number of carbonyl (C=O) groups is 3. The number of imide groups is 2. The fraction of sp³-hybridized carbons (Fsp3) is 0.643. The Bertz CT molecular complexity index is 606. The van der Waals surface area contributed by atoms with Crippen molar-refractivity contribution < 1.29 is 18.9 Å². The monoisotopic (exact) mass is 306 g/mol. The van der Waals surface area contributed by atoms with Gasteiger partial charge in [0, 0.05) is 12.5 Å². The van der Waals surface area contributed by atoms with Crippen LogP contribution in [0.25, 0.3) is 0 Å². The summed E-state index contributed by atoms with van der Waals surface area (Å²) in [5.41, 5.74) is 0. The predicted molar refractivity (Wildman–Crippen MR) is 73.3 cm³/mol. The van der Waals surface area contributed by atoms with Crippen LogP contribution in [0.15, 0.2) is 4.52 Å². The molecule has 1 aliphatic carbocycles. The molecule has 1 saturated carbocycles. The number of urea groups is 1. The van der Waals surface area contributed by atoms with Gasteiger partial charge in [-0.25, -0.2) is 9.69 Å². The van der Waals surface area contributed by atoms with Gasteiger partial charge in [0.1, 0.15) is 6.54 Å². The van der Waals surface area contributed by atoms with Gasteiger partial charge in [0.2, 0.25) is 5.89 Å². The molecule has 1 aromatic rings. The molecule has 22 heavy (non-hydrogen) atoms. The molecule has 0 bridgehead atoms. The van der Waals surface area contributed by atoms with E-state index in [0.717, 1.165) is 41.9 Å². The van der Waals surface area contributed by atoms with E-state index in [1.165, 1.54) is 0 Å². The summed E-state index contributed by atoms with van der Waals surface area (Å²) >= 11 is 0. The normalized spacial score (nSPS) is 20.3. The Morgan fingerprint density at radius 1 is 1.14 bits per heavy atom. The topological polar surface area (TPSA) is 96.6 Å². The minimum absolute atomic E-state index is 0.153. The highest BCUT2D eigenvalue weighted by atomic mass is 16.5. The average molecular weight is 306 g/mol. The number of hydrogen-bond donors (Lipinski definition) is 0. The zero-order valence-corrected chi connectivity index (χ0v) is 12.4. The SMILES string of the molecule is CCc1noc(CN2C(=O)C(=O)N(C3CCCCC3)C2=O)n1. The van der Waals surface area contributed by atoms with Gasteiger partial charge in [-0.15, -0.1) is 0 Å². The van der Waals surface area contributed by atoms with Crippen LogP contribution in [-0.2, 0) is 22.6 Å². The number of aryl methyl sites for hydroxylation is 1. The van der Waals surface area contributed by atoms with Gasteiger partial charge in [0.25, 0.3) is 0 Å². The van der Waals surface area contributed by atoms with Crippen LogP contribution in [0.2, 0.25) is 0 Å². The third-order valence-corrected chi connectivity index (χ3v) is 4.14. The van der Waals surface area contributed by atoms with Gasteiger partial charge < -0.3 is 4.52 Å². The number of aromatic nitrogens is 2. The highest BCUT2D eigenvalue weighted by molar-refractivity contribution is 6.44. The van der Waals surface area contributed by atoms with Crippen LogP contribution in [0.5, 0.6) is 0 Å². The second-order valence-corrected chi connectivity index (χ2v) is 5.60. The molecule has 1 aromatic heterocycles. The Labute approximate surface area is 127 Å². The maximum atomic E-state index is 12.4. The third-order valence-electron chi connectivity index (χ3n) is 4.14. The fourth-order valence-electron chi connectivity index (χ4n) is 2.96. The summed E-state index contributed by atoms with van der Waals surface area (Å²) in [6.45, 7) is 1.72. The van der Waals surface area contributed by atoms with Gasteiger partial charge in [0.05, 0.1) is 0 Å². The van der Waals surface area contributed by atoms with Crippen molar-refractivity contribution in [2.45, 2.75) is 58.0 Å². The summed E-state index contributed by atoms with van der Waals surface area (Å²) in [6, 6.07) is -0.741. The van der Waals surface area contributed by atoms with Crippen LogP contribution in [-0.4, -0.2) is 43.8 Å². The first-order chi connectivity index (χ1) is 10.6. The molecule has 0 aromatic carbocycles. The average Bonchev–Trinajstić information content (AvgIpc) is 3.07. The molecule has 3 rings (SSSR count). The number of rotatable bonds is 4. The van der Waals surface area contributed by atoms with E-state index in [1.807, 2.05) is 6.92 Å². The Hall–Kier alpha value is -2.25. The molecule has 118 valence electrons. The molecule has 2 heterocycles. The highest BCUT2D eigenvalue weighted by Crippen LogP contribution is 2.27. The van der Waals surface area contributed by atoms with Crippen LogP contribution in [0.3, 0.4) is 0 Å². The lowest BCUT2D eigenvalue weighted by molar-refractivity contribution is -0.144. The maximum Gasteiger partial charge on any atom is 0.334 e. The molecule has 8 nitrogen and oxygen atoms in total. The quantitative estimate of drug-likeness (QED) is 0.613. The minimum atomic E-state index is -0.813. The summed E-state index contributed by atoms with van der Waals surface area (Å²) in [6.07, 6.45) is 5.17. The number of carbonyl (C=O) groups excluding carboxylic acids is 3. The second-order valence-electron chi connectivity index (χ2n) is 5.60. The van der Waals surface area contributed by atoms with Crippen LogP contribution < -0.4 is 0 Å². The lowest BCUT2D eigenvalue weighted by atomic mass is 9.94. The van der Waals surface area contributed by atoms with Gasteiger partial charge in [0.15, 0.2) is 5.82 Å². The van der Waals surface area contributed by atoms with E-state index in [9.17, 15) is 14.4 Å². The number of nitrogens with zero attached hydrogens (tertiary/aromatic N) is 4. The van der Waals surface area contributed by atoms with E-state index in [1.54, 1.807) is 0 Å². The Morgan fingerprint density at radius 2 is 1.86 bits per heavy atom. The van der Waals surface area contributed by atoms with E-state index in [0.29, 0.717) is 12.2 Å². The van der Waals surface area contributed by atoms with Crippen molar-refractivity contribution in [3.05, 3.63) is 11.7 Å². The van der Waals surface area contributed by atoms with Gasteiger partial charge in [-0.1, -0.05) is 31.3 Å². The Balaban J connectivity index is 1.76. The molecule has 8 heteroatoms. The van der Waals surface area contributed by atoms with Gasteiger partial charge in [-0.2, -0.15) is 4.98 Å². The van der Waals surface area contributed by atoms with Crippen LogP contribution in [0.4, 0.5) is 4.79 Å². The smallest absolute Gasteiger partial charge is 0.334 e. The van der Waals surface area contributed by atoms with Crippen molar-refractivity contribution in [2.24, 2.45) is 0 Å². The summed E-state index contributed by atoms with van der Waals surface area (Å²) < 4.78 is 4.99. The predicted octanol–water partition coefficient (Wildman–Crippen LogP) is 1.26. The third kappa shape index (κ3) is 2.49.